The third-order valence-electron chi connectivity index (χ3n) is 9.00. The molecule has 2 fully saturated rings. The molecule has 2 aliphatic rings. The fourth-order valence-electron chi connectivity index (χ4n) is 6.41. The van der Waals surface area contributed by atoms with Gasteiger partial charge in [0, 0.05) is 18.5 Å². The van der Waals surface area contributed by atoms with Crippen LogP contribution in [0.4, 0.5) is 0 Å². The van der Waals surface area contributed by atoms with Crippen molar-refractivity contribution >= 4 is 17.7 Å². The highest BCUT2D eigenvalue weighted by molar-refractivity contribution is 5.94. The lowest BCUT2D eigenvalue weighted by atomic mass is 9.92. The van der Waals surface area contributed by atoms with Crippen LogP contribution in [0, 0.1) is 5.92 Å². The number of rotatable bonds is 11. The lowest BCUT2D eigenvalue weighted by Gasteiger charge is -2.33. The van der Waals surface area contributed by atoms with Crippen LogP contribution >= 0.6 is 0 Å². The number of hydrogen-bond donors (Lipinski definition) is 4. The van der Waals surface area contributed by atoms with Crippen LogP contribution in [0.5, 0.6) is 0 Å². The molecule has 0 saturated carbocycles. The van der Waals surface area contributed by atoms with Gasteiger partial charge < -0.3 is 26.4 Å². The second-order valence-corrected chi connectivity index (χ2v) is 11.9. The maximum atomic E-state index is 14.4. The number of aliphatic hydroxyl groups excluding tert-OH is 1. The van der Waals surface area contributed by atoms with E-state index < -0.39 is 30.1 Å². The van der Waals surface area contributed by atoms with Crippen LogP contribution in [0.15, 0.2) is 66.9 Å². The molecule has 3 heterocycles. The van der Waals surface area contributed by atoms with E-state index in [1.165, 1.54) is 0 Å². The van der Waals surface area contributed by atoms with Gasteiger partial charge in [-0.25, -0.2) is 0 Å². The molecule has 3 amide bonds. The van der Waals surface area contributed by atoms with E-state index in [9.17, 15) is 19.5 Å². The second-order valence-electron chi connectivity index (χ2n) is 11.9. The van der Waals surface area contributed by atoms with Crippen LogP contribution in [-0.2, 0) is 20.9 Å². The predicted octanol–water partition coefficient (Wildman–Crippen LogP) is 2.62. The van der Waals surface area contributed by atoms with Gasteiger partial charge >= 0.3 is 0 Å². The molecule has 0 aliphatic carbocycles. The number of aromatic nitrogens is 3. The Bertz CT molecular complexity index is 1380. The van der Waals surface area contributed by atoms with Crippen LogP contribution in [0.3, 0.4) is 0 Å². The van der Waals surface area contributed by atoms with Crippen molar-refractivity contribution in [2.24, 2.45) is 11.7 Å². The number of hydrogen-bond acceptors (Lipinski definition) is 7. The molecule has 2 aromatic carbocycles. The summed E-state index contributed by atoms with van der Waals surface area (Å²) in [5.74, 6) is -1.21. The van der Waals surface area contributed by atoms with E-state index >= 15 is 0 Å². The van der Waals surface area contributed by atoms with Gasteiger partial charge in [-0.05, 0) is 49.7 Å². The largest absolute Gasteiger partial charge is 0.387 e. The number of carbonyl (C=O) groups is 3. The van der Waals surface area contributed by atoms with E-state index in [0.29, 0.717) is 50.8 Å². The monoisotopic (exact) mass is 601 g/mol. The van der Waals surface area contributed by atoms with Crippen molar-refractivity contribution in [2.45, 2.75) is 95.2 Å². The Kier molecular flexibility index (Phi) is 10.1. The van der Waals surface area contributed by atoms with Crippen molar-refractivity contribution in [3.8, 4) is 0 Å². The smallest absolute Gasteiger partial charge is 0.246 e. The zero-order valence-corrected chi connectivity index (χ0v) is 25.4. The standard InChI is InChI=1S/C33H43N7O4/c1-3-25(34)31(42)36-30-23(19-39-20-26(37-38-39)28(41)4-2)15-16-24-17-18-27(40(24)33(30)44)32(43)35-29(21-11-7-5-8-12-21)22-13-9-6-10-14-22/h5-14,20,23-25,27-30,41H,3-4,15-19,34H2,1-2H3,(H,35,43)(H,36,42)/t23-,24+,25+,27+,28+,30+/m1/s1. The zero-order valence-electron chi connectivity index (χ0n) is 25.4. The Balaban J connectivity index is 1.40. The van der Waals surface area contributed by atoms with Crippen LogP contribution in [-0.4, -0.2) is 66.9 Å². The van der Waals surface area contributed by atoms with Crippen LogP contribution < -0.4 is 16.4 Å². The molecule has 11 heteroatoms. The number of nitrogens with two attached hydrogens (primary N) is 1. The quantitative estimate of drug-likeness (QED) is 0.263. The first kappa shape index (κ1) is 31.3. The second kappa shape index (κ2) is 14.1. The fraction of sp³-hybridized carbons (Fsp3) is 0.485. The van der Waals surface area contributed by atoms with Gasteiger partial charge in [0.2, 0.25) is 17.7 Å². The molecule has 0 radical (unpaired) electrons. The van der Waals surface area contributed by atoms with E-state index in [0.717, 1.165) is 11.1 Å². The van der Waals surface area contributed by atoms with Gasteiger partial charge in [0.1, 0.15) is 17.8 Å². The molecule has 0 bridgehead atoms. The van der Waals surface area contributed by atoms with E-state index in [1.54, 1.807) is 15.8 Å². The summed E-state index contributed by atoms with van der Waals surface area (Å²) in [6.07, 6.45) is 4.45. The van der Waals surface area contributed by atoms with Crippen molar-refractivity contribution in [2.75, 3.05) is 0 Å². The van der Waals surface area contributed by atoms with E-state index in [1.807, 2.05) is 74.5 Å². The van der Waals surface area contributed by atoms with Crippen molar-refractivity contribution in [3.05, 3.63) is 83.7 Å². The molecule has 44 heavy (non-hydrogen) atoms. The Hall–Kier alpha value is -4.09. The van der Waals surface area contributed by atoms with Crippen LogP contribution in [0.25, 0.3) is 0 Å². The first-order valence-electron chi connectivity index (χ1n) is 15.7. The van der Waals surface area contributed by atoms with Gasteiger partial charge in [0.25, 0.3) is 0 Å². The minimum absolute atomic E-state index is 0.123. The summed E-state index contributed by atoms with van der Waals surface area (Å²) in [5.41, 5.74) is 8.42. The Labute approximate surface area is 258 Å². The molecule has 0 unspecified atom stereocenters. The van der Waals surface area contributed by atoms with E-state index in [2.05, 4.69) is 20.9 Å². The van der Waals surface area contributed by atoms with Gasteiger partial charge in [0.05, 0.1) is 24.4 Å². The highest BCUT2D eigenvalue weighted by atomic mass is 16.3. The van der Waals surface area contributed by atoms with E-state index in [4.69, 9.17) is 5.73 Å². The number of carbonyl (C=O) groups excluding carboxylic acids is 3. The third kappa shape index (κ3) is 6.84. The first-order chi connectivity index (χ1) is 21.3. The number of aliphatic hydroxyl groups is 1. The molecule has 2 aliphatic heterocycles. The number of fused-ring (bicyclic) bond motifs is 1. The molecule has 6 atom stereocenters. The third-order valence-corrected chi connectivity index (χ3v) is 9.00. The fourth-order valence-corrected chi connectivity index (χ4v) is 6.41. The van der Waals surface area contributed by atoms with E-state index in [-0.39, 0.29) is 29.8 Å². The van der Waals surface area contributed by atoms with Crippen LogP contribution in [0.2, 0.25) is 0 Å². The molecule has 2 saturated heterocycles. The van der Waals surface area contributed by atoms with Gasteiger partial charge in [-0.2, -0.15) is 0 Å². The molecule has 0 spiro atoms. The summed E-state index contributed by atoms with van der Waals surface area (Å²) < 4.78 is 1.62. The minimum atomic E-state index is -0.888. The number of nitrogens with one attached hydrogen (secondary N) is 2. The molecule has 5 rings (SSSR count). The number of benzene rings is 2. The summed E-state index contributed by atoms with van der Waals surface area (Å²) in [5, 5.41) is 24.7. The SMILES string of the molecule is CC[C@H](N)C(=O)N[C@@H]1C(=O)N2[C@@H](CC[C@@H]1Cn1cc([C@@H](O)CC)nn1)CC[C@H]2C(=O)NC(c1ccccc1)c1ccccc1. The molecule has 234 valence electrons. The summed E-state index contributed by atoms with van der Waals surface area (Å²) >= 11 is 0. The van der Waals surface area contributed by atoms with Gasteiger partial charge in [-0.1, -0.05) is 79.7 Å². The Morgan fingerprint density at radius 3 is 2.23 bits per heavy atom. The average Bonchev–Trinajstić information content (AvgIpc) is 3.69. The molecular formula is C33H43N7O4. The van der Waals surface area contributed by atoms with Gasteiger partial charge in [-0.3, -0.25) is 19.1 Å². The highest BCUT2D eigenvalue weighted by Gasteiger charge is 2.48. The van der Waals surface area contributed by atoms with Crippen molar-refractivity contribution in [3.63, 3.8) is 0 Å². The minimum Gasteiger partial charge on any atom is -0.387 e. The molecule has 11 nitrogen and oxygen atoms in total. The normalized spacial score (nSPS) is 23.1. The summed E-state index contributed by atoms with van der Waals surface area (Å²) in [7, 11) is 0. The zero-order chi connectivity index (χ0) is 31.2. The number of nitrogens with zero attached hydrogens (tertiary/aromatic N) is 4. The Morgan fingerprint density at radius 1 is 0.977 bits per heavy atom. The lowest BCUT2D eigenvalue weighted by molar-refractivity contribution is -0.143. The summed E-state index contributed by atoms with van der Waals surface area (Å²) in [6, 6.07) is 16.8. The lowest BCUT2D eigenvalue weighted by Crippen LogP contribution is -2.58. The maximum Gasteiger partial charge on any atom is 0.246 e. The maximum absolute atomic E-state index is 14.4. The Morgan fingerprint density at radius 2 is 1.61 bits per heavy atom. The van der Waals surface area contributed by atoms with Crippen molar-refractivity contribution < 1.29 is 19.5 Å². The molecule has 1 aromatic heterocycles. The predicted molar refractivity (Wildman–Crippen MR) is 165 cm³/mol. The number of amides is 3. The van der Waals surface area contributed by atoms with Crippen molar-refractivity contribution in [1.29, 1.82) is 0 Å². The summed E-state index contributed by atoms with van der Waals surface area (Å²) in [4.78, 5) is 43.1. The summed E-state index contributed by atoms with van der Waals surface area (Å²) in [6.45, 7) is 4.00. The average molecular weight is 602 g/mol. The van der Waals surface area contributed by atoms with Gasteiger partial charge in [0.15, 0.2) is 0 Å². The first-order valence-corrected chi connectivity index (χ1v) is 15.7. The molecule has 3 aromatic rings. The highest BCUT2D eigenvalue weighted by Crippen LogP contribution is 2.35. The molecular weight excluding hydrogens is 558 g/mol. The van der Waals surface area contributed by atoms with Crippen LogP contribution in [0.1, 0.15) is 81.3 Å². The van der Waals surface area contributed by atoms with Gasteiger partial charge in [-0.15, -0.1) is 5.10 Å². The molecule has 5 N–H and O–H groups in total. The topological polar surface area (TPSA) is 155 Å². The van der Waals surface area contributed by atoms with Crippen molar-refractivity contribution in [1.82, 2.24) is 30.5 Å².